The van der Waals surface area contributed by atoms with Gasteiger partial charge in [0, 0.05) is 0 Å². The summed E-state index contributed by atoms with van der Waals surface area (Å²) >= 11 is -4.81. The Kier molecular flexibility index (Phi) is 5.46. The fourth-order valence-corrected chi connectivity index (χ4v) is 5.29. The minimum atomic E-state index is -4.75. The molecule has 0 bridgehead atoms. The number of methoxy groups -OCH3 is 1. The molecule has 0 amide bonds. The Morgan fingerprint density at radius 1 is 1.07 bits per heavy atom. The number of hydrogen-bond donors (Lipinski definition) is 0. The van der Waals surface area contributed by atoms with E-state index in [0.717, 1.165) is 7.11 Å². The van der Waals surface area contributed by atoms with Gasteiger partial charge in [0.15, 0.2) is 0 Å². The summed E-state index contributed by atoms with van der Waals surface area (Å²) in [6.07, 6.45) is 0. The van der Waals surface area contributed by atoms with Gasteiger partial charge in [0.05, 0.1) is 0 Å². The predicted octanol–water partition coefficient (Wildman–Crippen LogP) is 1.35. The molecule has 0 saturated heterocycles. The van der Waals surface area contributed by atoms with Crippen molar-refractivity contribution in [2.24, 2.45) is 0 Å². The number of esters is 1. The Balaban J connectivity index is 4.53. The molecular formula is C5H4F6O2Se2. The van der Waals surface area contributed by atoms with Gasteiger partial charge in [-0.2, -0.15) is 0 Å². The van der Waals surface area contributed by atoms with E-state index >= 15 is 0 Å². The fourth-order valence-electron chi connectivity index (χ4n) is 0.459. The van der Waals surface area contributed by atoms with Gasteiger partial charge in [0.25, 0.3) is 0 Å². The molecule has 0 aromatic carbocycles. The van der Waals surface area contributed by atoms with E-state index in [1.807, 2.05) is 0 Å². The summed E-state index contributed by atoms with van der Waals surface area (Å²) in [5.41, 5.74) is 0. The van der Waals surface area contributed by atoms with Crippen LogP contribution in [0.4, 0.5) is 26.3 Å². The van der Waals surface area contributed by atoms with Crippen molar-refractivity contribution in [3.8, 4) is 0 Å². The van der Waals surface area contributed by atoms with Crippen LogP contribution in [0, 0.1) is 0 Å². The van der Waals surface area contributed by atoms with E-state index in [1.165, 1.54) is 0 Å². The van der Waals surface area contributed by atoms with Crippen LogP contribution in [-0.2, 0) is 9.53 Å². The second-order valence-corrected chi connectivity index (χ2v) is 8.40. The van der Waals surface area contributed by atoms with Gasteiger partial charge < -0.3 is 0 Å². The molecule has 0 heterocycles. The van der Waals surface area contributed by atoms with E-state index in [2.05, 4.69) is 4.74 Å². The Morgan fingerprint density at radius 2 is 1.40 bits per heavy atom. The molecule has 0 N–H and O–H groups in total. The summed E-state index contributed by atoms with van der Waals surface area (Å²) in [6.45, 7) is 0. The van der Waals surface area contributed by atoms with Crippen LogP contribution >= 0.6 is 0 Å². The summed E-state index contributed by atoms with van der Waals surface area (Å²) in [4.78, 5) is 10.7. The molecule has 0 aliphatic carbocycles. The first-order valence-electron chi connectivity index (χ1n) is 3.12. The van der Waals surface area contributed by atoms with Crippen molar-refractivity contribution in [3.05, 3.63) is 0 Å². The van der Waals surface area contributed by atoms with Gasteiger partial charge in [-0.3, -0.25) is 0 Å². The van der Waals surface area contributed by atoms with Crippen LogP contribution in [0.5, 0.6) is 0 Å². The maximum atomic E-state index is 11.8. The minimum absolute atomic E-state index is 0.758. The van der Waals surface area contributed by atoms with Gasteiger partial charge in [-0.1, -0.05) is 0 Å². The average Bonchev–Trinajstić information content (AvgIpc) is 1.96. The first-order valence-corrected chi connectivity index (χ1v) is 6.81. The molecule has 10 heteroatoms. The molecule has 0 fully saturated rings. The normalized spacial score (nSPS) is 13.1. The zero-order valence-electron chi connectivity index (χ0n) is 6.98. The van der Waals surface area contributed by atoms with Gasteiger partial charge in [-0.25, -0.2) is 0 Å². The molecule has 0 aromatic heterocycles. The molecule has 0 spiro atoms. The van der Waals surface area contributed by atoms with Crippen LogP contribution < -0.4 is 0 Å². The predicted molar refractivity (Wildman–Crippen MR) is 39.4 cm³/mol. The second kappa shape index (κ2) is 5.43. The number of ether oxygens (including phenoxy) is 1. The summed E-state index contributed by atoms with van der Waals surface area (Å²) in [5.74, 6) is -1.45. The van der Waals surface area contributed by atoms with E-state index in [1.54, 1.807) is 0 Å². The van der Waals surface area contributed by atoms with Gasteiger partial charge in [-0.15, -0.1) is 0 Å². The van der Waals surface area contributed by atoms with E-state index < -0.39 is 49.7 Å². The van der Waals surface area contributed by atoms with Crippen LogP contribution in [0.15, 0.2) is 0 Å². The van der Waals surface area contributed by atoms with Crippen LogP contribution in [0.3, 0.4) is 0 Å². The van der Waals surface area contributed by atoms with Crippen molar-refractivity contribution in [2.45, 2.75) is 13.9 Å². The maximum absolute atomic E-state index is 11.8. The number of alkyl halides is 6. The van der Waals surface area contributed by atoms with Gasteiger partial charge in [0.1, 0.15) is 0 Å². The van der Waals surface area contributed by atoms with Crippen molar-refractivity contribution < 1.29 is 35.9 Å². The Morgan fingerprint density at radius 3 is 1.60 bits per heavy atom. The Bertz CT molecular complexity index is 209. The number of halogens is 6. The third kappa shape index (κ3) is 7.95. The van der Waals surface area contributed by atoms with Crippen molar-refractivity contribution in [3.63, 3.8) is 0 Å². The molecule has 0 rings (SSSR count). The zero-order chi connectivity index (χ0) is 12.3. The molecule has 0 aliphatic rings. The van der Waals surface area contributed by atoms with Crippen molar-refractivity contribution in [2.75, 3.05) is 7.11 Å². The fraction of sp³-hybridized carbons (Fsp3) is 0.800. The van der Waals surface area contributed by atoms with Crippen molar-refractivity contribution >= 4 is 35.9 Å². The summed E-state index contributed by atoms with van der Waals surface area (Å²) in [6, 6.07) is 0. The number of hydrogen-bond acceptors (Lipinski definition) is 2. The number of carbonyl (C=O) groups excluding carboxylic acids is 1. The molecule has 0 unspecified atom stereocenters. The first-order chi connectivity index (χ1) is 6.55. The van der Waals surface area contributed by atoms with Crippen molar-refractivity contribution in [1.82, 2.24) is 0 Å². The van der Waals surface area contributed by atoms with E-state index in [-0.39, 0.29) is 0 Å². The first kappa shape index (κ1) is 15.1. The summed E-state index contributed by atoms with van der Waals surface area (Å²) < 4.78 is 72.8. The Hall–Kier alpha value is 0.0890. The monoisotopic (exact) mass is 370 g/mol. The molecule has 15 heavy (non-hydrogen) atoms. The molecule has 2 nitrogen and oxygen atoms in total. The molecule has 0 radical (unpaired) electrons. The van der Waals surface area contributed by atoms with Gasteiger partial charge in [-0.05, 0) is 0 Å². The topological polar surface area (TPSA) is 26.3 Å². The Labute approximate surface area is 93.0 Å². The third-order valence-electron chi connectivity index (χ3n) is 0.875. The van der Waals surface area contributed by atoms with Crippen LogP contribution in [-0.4, -0.2) is 53.1 Å². The standard InChI is InChI=1S/C5H4F6O2Se2/c1-13-2(12)3(14-4(6,7)8)15-5(9,10)11/h3H,1H3. The second-order valence-electron chi connectivity index (χ2n) is 1.98. The summed E-state index contributed by atoms with van der Waals surface area (Å²) in [7, 11) is 0.758. The summed E-state index contributed by atoms with van der Waals surface area (Å²) in [5, 5.41) is -9.50. The van der Waals surface area contributed by atoms with Crippen LogP contribution in [0.2, 0.25) is 3.71 Å². The zero-order valence-corrected chi connectivity index (χ0v) is 10.4. The number of rotatable bonds is 3. The average molecular weight is 368 g/mol. The molecule has 0 aliphatic heterocycles. The molecule has 90 valence electrons. The van der Waals surface area contributed by atoms with Gasteiger partial charge in [0.2, 0.25) is 0 Å². The molecule has 0 atom stereocenters. The quantitative estimate of drug-likeness (QED) is 0.427. The van der Waals surface area contributed by atoms with Crippen LogP contribution in [0.1, 0.15) is 0 Å². The van der Waals surface area contributed by atoms with E-state index in [4.69, 9.17) is 0 Å². The molecule has 0 saturated carbocycles. The third-order valence-corrected chi connectivity index (χ3v) is 5.80. The SMILES string of the molecule is COC(=O)C([Se]C(F)(F)F)[Se]C(F)(F)F. The van der Waals surface area contributed by atoms with E-state index in [0.29, 0.717) is 0 Å². The van der Waals surface area contributed by atoms with Crippen molar-refractivity contribution in [1.29, 1.82) is 0 Å². The molecule has 0 aromatic rings. The van der Waals surface area contributed by atoms with E-state index in [9.17, 15) is 31.1 Å². The van der Waals surface area contributed by atoms with Crippen LogP contribution in [0.25, 0.3) is 0 Å². The van der Waals surface area contributed by atoms with Gasteiger partial charge >= 0.3 is 92.7 Å². The number of carbonyl (C=O) groups is 1. The molecular weight excluding hydrogens is 364 g/mol.